The van der Waals surface area contributed by atoms with Crippen LogP contribution in [0.3, 0.4) is 0 Å². The molecule has 3 aromatic rings. The van der Waals surface area contributed by atoms with Crippen molar-refractivity contribution in [2.24, 2.45) is 0 Å². The van der Waals surface area contributed by atoms with Gasteiger partial charge in [0.1, 0.15) is 6.54 Å². The second-order valence-corrected chi connectivity index (χ2v) is 7.37. The molecule has 4 rings (SSSR count). The number of hydrogen-bond donors (Lipinski definition) is 0. The Bertz CT molecular complexity index is 1060. The number of amides is 1. The second kappa shape index (κ2) is 7.56. The molecule has 0 radical (unpaired) electrons. The van der Waals surface area contributed by atoms with Crippen molar-refractivity contribution in [3.8, 4) is 0 Å². The molecule has 1 aliphatic heterocycles. The molecule has 6 nitrogen and oxygen atoms in total. The van der Waals surface area contributed by atoms with Crippen LogP contribution in [0.25, 0.3) is 10.8 Å². The fourth-order valence-corrected chi connectivity index (χ4v) is 3.91. The molecule has 0 unspecified atom stereocenters. The van der Waals surface area contributed by atoms with Crippen molar-refractivity contribution in [2.45, 2.75) is 19.5 Å². The largest absolute Gasteiger partial charge is 0.331 e. The molecule has 0 spiro atoms. The van der Waals surface area contributed by atoms with Crippen molar-refractivity contribution < 1.29 is 4.79 Å². The number of carbonyl (C=O) groups excluding carboxylic acids is 1. The minimum atomic E-state index is -0.222. The van der Waals surface area contributed by atoms with Crippen LogP contribution in [0.15, 0.2) is 59.4 Å². The third-order valence-electron chi connectivity index (χ3n) is 5.43. The number of fused-ring (bicyclic) bond motifs is 1. The third kappa shape index (κ3) is 3.43. The van der Waals surface area contributed by atoms with Crippen LogP contribution in [0.1, 0.15) is 17.3 Å². The summed E-state index contributed by atoms with van der Waals surface area (Å²) in [6.45, 7) is 4.04. The van der Waals surface area contributed by atoms with E-state index in [4.69, 9.17) is 0 Å². The molecule has 2 heterocycles. The Morgan fingerprint density at radius 2 is 1.71 bits per heavy atom. The maximum Gasteiger partial charge on any atom is 0.275 e. The van der Waals surface area contributed by atoms with E-state index in [1.807, 2.05) is 48.2 Å². The van der Waals surface area contributed by atoms with Gasteiger partial charge in [-0.15, -0.1) is 0 Å². The van der Waals surface area contributed by atoms with Crippen LogP contribution in [0.5, 0.6) is 0 Å². The SMILES string of the molecule is Cc1nn(CC(=O)N2CCN(C)C[C@@H]2c2ccccc2)c(=O)c2ccccc12. The normalized spacial score (nSPS) is 17.8. The number of rotatable bonds is 3. The average Bonchev–Trinajstić information content (AvgIpc) is 2.72. The Morgan fingerprint density at radius 1 is 1.04 bits per heavy atom. The van der Waals surface area contributed by atoms with Gasteiger partial charge in [-0.2, -0.15) is 5.10 Å². The molecule has 1 aliphatic rings. The molecule has 1 saturated heterocycles. The summed E-state index contributed by atoms with van der Waals surface area (Å²) in [5.74, 6) is -0.0776. The summed E-state index contributed by atoms with van der Waals surface area (Å²) >= 11 is 0. The van der Waals surface area contributed by atoms with Crippen LogP contribution < -0.4 is 5.56 Å². The van der Waals surface area contributed by atoms with E-state index in [1.54, 1.807) is 6.07 Å². The number of benzene rings is 2. The molecular weight excluding hydrogens is 352 g/mol. The van der Waals surface area contributed by atoms with Gasteiger partial charge >= 0.3 is 0 Å². The maximum atomic E-state index is 13.2. The Labute approximate surface area is 164 Å². The zero-order valence-electron chi connectivity index (χ0n) is 16.2. The molecule has 1 atom stereocenters. The highest BCUT2D eigenvalue weighted by Crippen LogP contribution is 2.25. The minimum Gasteiger partial charge on any atom is -0.331 e. The van der Waals surface area contributed by atoms with E-state index in [9.17, 15) is 9.59 Å². The van der Waals surface area contributed by atoms with Crippen molar-refractivity contribution in [3.05, 3.63) is 76.2 Å². The van der Waals surface area contributed by atoms with Crippen molar-refractivity contribution in [2.75, 3.05) is 26.7 Å². The summed E-state index contributed by atoms with van der Waals surface area (Å²) in [4.78, 5) is 30.1. The predicted octanol–water partition coefficient (Wildman–Crippen LogP) is 2.22. The minimum absolute atomic E-state index is 0.0234. The summed E-state index contributed by atoms with van der Waals surface area (Å²) in [5.41, 5.74) is 1.64. The van der Waals surface area contributed by atoms with Crippen LogP contribution in [0, 0.1) is 6.92 Å². The fraction of sp³-hybridized carbons (Fsp3) is 0.318. The Kier molecular flexibility index (Phi) is 4.96. The Hall–Kier alpha value is -2.99. The first-order valence-corrected chi connectivity index (χ1v) is 9.54. The number of piperazine rings is 1. The van der Waals surface area contributed by atoms with E-state index < -0.39 is 0 Å². The molecule has 0 N–H and O–H groups in total. The quantitative estimate of drug-likeness (QED) is 0.703. The Balaban J connectivity index is 1.65. The predicted molar refractivity (Wildman–Crippen MR) is 109 cm³/mol. The lowest BCUT2D eigenvalue weighted by Gasteiger charge is -2.40. The highest BCUT2D eigenvalue weighted by molar-refractivity contribution is 5.83. The number of carbonyl (C=O) groups is 1. The van der Waals surface area contributed by atoms with Gasteiger partial charge in [-0.1, -0.05) is 48.5 Å². The molecule has 2 aromatic carbocycles. The lowest BCUT2D eigenvalue weighted by atomic mass is 10.0. The zero-order chi connectivity index (χ0) is 19.7. The number of aromatic nitrogens is 2. The molecule has 0 saturated carbocycles. The van der Waals surface area contributed by atoms with E-state index in [0.29, 0.717) is 11.9 Å². The number of hydrogen-bond acceptors (Lipinski definition) is 4. The molecule has 0 aliphatic carbocycles. The van der Waals surface area contributed by atoms with Crippen LogP contribution in [-0.2, 0) is 11.3 Å². The van der Waals surface area contributed by atoms with Gasteiger partial charge in [0.25, 0.3) is 5.56 Å². The molecule has 0 bridgehead atoms. The molecule has 6 heteroatoms. The standard InChI is InChI=1S/C22H24N4O2/c1-16-18-10-6-7-11-19(18)22(28)26(23-16)15-21(27)25-13-12-24(2)14-20(25)17-8-4-3-5-9-17/h3-11,20H,12-15H2,1-2H3/t20-/m1/s1. The van der Waals surface area contributed by atoms with Crippen LogP contribution in [0.2, 0.25) is 0 Å². The van der Waals surface area contributed by atoms with Crippen LogP contribution >= 0.6 is 0 Å². The first-order chi connectivity index (χ1) is 13.5. The molecule has 1 amide bonds. The lowest BCUT2D eigenvalue weighted by Crippen LogP contribution is -2.50. The van der Waals surface area contributed by atoms with Gasteiger partial charge < -0.3 is 9.80 Å². The van der Waals surface area contributed by atoms with Gasteiger partial charge in [0, 0.05) is 25.0 Å². The summed E-state index contributed by atoms with van der Waals surface area (Å²) in [6, 6.07) is 17.4. The highest BCUT2D eigenvalue weighted by atomic mass is 16.2. The van der Waals surface area contributed by atoms with Crippen LogP contribution in [-0.4, -0.2) is 52.2 Å². The van der Waals surface area contributed by atoms with Crippen molar-refractivity contribution in [1.82, 2.24) is 19.6 Å². The Morgan fingerprint density at radius 3 is 2.46 bits per heavy atom. The highest BCUT2D eigenvalue weighted by Gasteiger charge is 2.30. The van der Waals surface area contributed by atoms with Gasteiger partial charge in [0.15, 0.2) is 0 Å². The summed E-state index contributed by atoms with van der Waals surface area (Å²) in [7, 11) is 2.07. The first-order valence-electron chi connectivity index (χ1n) is 9.54. The van der Waals surface area contributed by atoms with Gasteiger partial charge in [0.2, 0.25) is 5.91 Å². The van der Waals surface area contributed by atoms with E-state index >= 15 is 0 Å². The van der Waals surface area contributed by atoms with E-state index in [0.717, 1.165) is 29.7 Å². The zero-order valence-corrected chi connectivity index (χ0v) is 16.2. The average molecular weight is 376 g/mol. The van der Waals surface area contributed by atoms with E-state index in [1.165, 1.54) is 4.68 Å². The second-order valence-electron chi connectivity index (χ2n) is 7.37. The first kappa shape index (κ1) is 18.4. The fourth-order valence-electron chi connectivity index (χ4n) is 3.91. The van der Waals surface area contributed by atoms with Gasteiger partial charge in [-0.05, 0) is 25.6 Å². The van der Waals surface area contributed by atoms with Gasteiger partial charge in [-0.25, -0.2) is 4.68 Å². The van der Waals surface area contributed by atoms with Gasteiger partial charge in [-0.3, -0.25) is 9.59 Å². The molecular formula is C22H24N4O2. The monoisotopic (exact) mass is 376 g/mol. The van der Waals surface area contributed by atoms with Crippen molar-refractivity contribution >= 4 is 16.7 Å². The summed E-state index contributed by atoms with van der Waals surface area (Å²) < 4.78 is 1.31. The van der Waals surface area contributed by atoms with Gasteiger partial charge in [0.05, 0.1) is 17.1 Å². The summed E-state index contributed by atoms with van der Waals surface area (Å²) in [6.07, 6.45) is 0. The third-order valence-corrected chi connectivity index (χ3v) is 5.43. The van der Waals surface area contributed by atoms with E-state index in [2.05, 4.69) is 29.2 Å². The molecule has 28 heavy (non-hydrogen) atoms. The number of nitrogens with zero attached hydrogens (tertiary/aromatic N) is 4. The number of likely N-dealkylation sites (N-methyl/N-ethyl adjacent to an activating group) is 1. The maximum absolute atomic E-state index is 13.2. The molecule has 1 fully saturated rings. The summed E-state index contributed by atoms with van der Waals surface area (Å²) in [5, 5.41) is 5.82. The van der Waals surface area contributed by atoms with Crippen molar-refractivity contribution in [3.63, 3.8) is 0 Å². The van der Waals surface area contributed by atoms with E-state index in [-0.39, 0.29) is 24.1 Å². The van der Waals surface area contributed by atoms with Crippen molar-refractivity contribution in [1.29, 1.82) is 0 Å². The molecule has 144 valence electrons. The number of aryl methyl sites for hydroxylation is 1. The topological polar surface area (TPSA) is 58.4 Å². The molecule has 1 aromatic heterocycles. The lowest BCUT2D eigenvalue weighted by molar-refractivity contribution is -0.137. The van der Waals surface area contributed by atoms with Crippen LogP contribution in [0.4, 0.5) is 0 Å². The smallest absolute Gasteiger partial charge is 0.275 e.